The quantitative estimate of drug-likeness (QED) is 0.0614. The van der Waals surface area contributed by atoms with Gasteiger partial charge in [-0.25, -0.2) is 0 Å². The molecule has 5 aromatic rings. The van der Waals surface area contributed by atoms with Crippen LogP contribution in [-0.2, 0) is 35.2 Å². The van der Waals surface area contributed by atoms with Crippen molar-refractivity contribution in [2.24, 2.45) is 80.3 Å². The number of fused-ring (bicyclic) bond motifs is 2. The highest BCUT2D eigenvalue weighted by molar-refractivity contribution is 5.87. The van der Waals surface area contributed by atoms with Crippen molar-refractivity contribution in [3.63, 3.8) is 0 Å². The maximum Gasteiger partial charge on any atom is 0.306 e. The predicted molar refractivity (Wildman–Crippen MR) is 378 cm³/mol. The van der Waals surface area contributed by atoms with Gasteiger partial charge in [0.05, 0.1) is 24.7 Å². The summed E-state index contributed by atoms with van der Waals surface area (Å²) in [7, 11) is 1.79. The Hall–Kier alpha value is -6.31. The first-order valence-corrected chi connectivity index (χ1v) is 37.1. The number of allylic oxidation sites excluding steroid dienone is 9. The van der Waals surface area contributed by atoms with Gasteiger partial charge in [0.1, 0.15) is 5.75 Å². The molecule has 4 N–H and O–H groups in total. The van der Waals surface area contributed by atoms with E-state index in [1.807, 2.05) is 12.1 Å². The number of aromatic hydroxyl groups is 1. The standard InChI is InChI=1S/C88H102O6/c1-54(55(2)59-18-10-7-11-19-59)23-39-71(82(92)93)80-76(90)53-87(66-35-31-62(32-36-66)69(40-26-56-15-8-6-9-16-56)61-27-24-57(25-28-61)42-46-94-5)75-52-86-44-14-43-84(3)77(91)50-67-49-65-30-29-63-20-13-22-70-72(48-58-17-12-21-64(47-58)60-33-37-68(89)38-34-60)73(51-86)81(79(65)78(63)70)88(67,83(84)86)74(75)41-45-85(80,87)4/h6,8-9,12-17,20-22,24-25,27-28,33-34,37-38,44,47,49,51,55,59,62,66-67,69,71,76-77,80-81,83,89-91H,1,7,10-11,18-19,23,26,29-32,35-36,39-43,45-46,48,50,52-53H2,2-5H3,(H,92,93)/t55-,62?,66?,67-,69+,71-,76-,77+,80+,81-,83-,84-,85-,86-,87-,88-/m1/s1. The van der Waals surface area contributed by atoms with Crippen LogP contribution in [0.2, 0.25) is 0 Å². The molecule has 94 heavy (non-hydrogen) atoms. The molecule has 0 saturated heterocycles. The van der Waals surface area contributed by atoms with Crippen LogP contribution in [0.3, 0.4) is 0 Å². The fourth-order valence-electron chi connectivity index (χ4n) is 24.7. The minimum absolute atomic E-state index is 0.0953. The maximum absolute atomic E-state index is 14.6. The Morgan fingerprint density at radius 2 is 1.52 bits per heavy atom. The first kappa shape index (κ1) is 62.5. The molecule has 490 valence electrons. The Balaban J connectivity index is 0.860. The van der Waals surface area contributed by atoms with Crippen molar-refractivity contribution in [1.29, 1.82) is 0 Å². The number of methoxy groups -OCH3 is 1. The van der Waals surface area contributed by atoms with Crippen LogP contribution in [0.5, 0.6) is 5.75 Å². The molecule has 0 amide bonds. The molecule has 14 atom stereocenters. The average Bonchev–Trinajstić information content (AvgIpc) is 0.869. The molecule has 4 saturated carbocycles. The number of phenolic OH excluding ortho intramolecular Hbond substituents is 1. The number of aliphatic hydroxyl groups excluding tert-OH is 2. The lowest BCUT2D eigenvalue weighted by Gasteiger charge is -2.76. The Labute approximate surface area is 559 Å². The summed E-state index contributed by atoms with van der Waals surface area (Å²) in [5, 5.41) is 52.1. The van der Waals surface area contributed by atoms with E-state index in [9.17, 15) is 25.2 Å². The Bertz CT molecular complexity index is 4040. The lowest BCUT2D eigenvalue weighted by molar-refractivity contribution is -0.182. The minimum Gasteiger partial charge on any atom is -0.508 e. The number of benzene rings is 5. The molecule has 1 spiro atoms. The fourth-order valence-corrected chi connectivity index (χ4v) is 24.7. The third-order valence-electron chi connectivity index (χ3n) is 28.7. The molecule has 6 nitrogen and oxygen atoms in total. The van der Waals surface area contributed by atoms with Gasteiger partial charge in [-0.1, -0.05) is 197 Å². The molecule has 5 aromatic carbocycles. The second kappa shape index (κ2) is 24.0. The monoisotopic (exact) mass is 1250 g/mol. The smallest absolute Gasteiger partial charge is 0.306 e. The van der Waals surface area contributed by atoms with Gasteiger partial charge in [0.15, 0.2) is 0 Å². The SMILES string of the molecule is C=C(CC[C@@H](C(=O)O)[C@H]1[C@H](O)C[C@@]2(C3CCC([C@@H](CCc4ccccc4)c4ccc(CCOC)cc4)CC3)C3=C(CC[C@]12C)[C@@]12[C@@H]4C5=C[C@]6(C=CC[C@](C)([C@@H](O)C[C@H]1C=C1CCc7cccc(c7=C14)=C5Cc1cccc(-c4ccc(O)cc4)c1)[C@H]62)C3)[C@@H](C)C1CCCCC1. The van der Waals surface area contributed by atoms with E-state index in [0.717, 1.165) is 107 Å². The molecule has 0 aliphatic heterocycles. The van der Waals surface area contributed by atoms with Gasteiger partial charge in [-0.2, -0.15) is 0 Å². The van der Waals surface area contributed by atoms with Crippen molar-refractivity contribution < 1.29 is 30.0 Å². The summed E-state index contributed by atoms with van der Waals surface area (Å²) < 4.78 is 5.52. The number of hydrogen-bond acceptors (Lipinski definition) is 5. The number of carboxylic acid groups (broad SMARTS) is 1. The number of aliphatic carboxylic acids is 1. The number of aliphatic hydroxyl groups is 2. The van der Waals surface area contributed by atoms with E-state index in [4.69, 9.17) is 11.3 Å². The fraction of sp³-hybridized carbons (Fsp3) is 0.511. The highest BCUT2D eigenvalue weighted by Crippen LogP contribution is 2.84. The zero-order valence-electron chi connectivity index (χ0n) is 56.6. The number of carbonyl (C=O) groups is 1. The van der Waals surface area contributed by atoms with Crippen LogP contribution in [-0.4, -0.2) is 52.3 Å². The van der Waals surface area contributed by atoms with Crippen LogP contribution in [0.15, 0.2) is 180 Å². The van der Waals surface area contributed by atoms with Gasteiger partial charge in [-0.3, -0.25) is 4.79 Å². The molecule has 4 fully saturated rings. The highest BCUT2D eigenvalue weighted by atomic mass is 16.5. The van der Waals surface area contributed by atoms with Gasteiger partial charge in [-0.15, -0.1) is 0 Å². The minimum atomic E-state index is -0.765. The van der Waals surface area contributed by atoms with E-state index < -0.39 is 46.3 Å². The summed E-state index contributed by atoms with van der Waals surface area (Å²) >= 11 is 0. The number of phenols is 1. The molecule has 6 heteroatoms. The second-order valence-electron chi connectivity index (χ2n) is 32.7. The van der Waals surface area contributed by atoms with Crippen LogP contribution >= 0.6 is 0 Å². The zero-order valence-corrected chi connectivity index (χ0v) is 56.6. The topological polar surface area (TPSA) is 107 Å². The van der Waals surface area contributed by atoms with E-state index in [0.29, 0.717) is 49.5 Å². The molecule has 0 heterocycles. The van der Waals surface area contributed by atoms with E-state index in [2.05, 4.69) is 142 Å². The summed E-state index contributed by atoms with van der Waals surface area (Å²) in [5.41, 5.74) is 17.5. The van der Waals surface area contributed by atoms with Gasteiger partial charge in [-0.05, 0) is 259 Å². The normalized spacial score (nSPS) is 34.3. The molecule has 16 rings (SSSR count). The molecular formula is C88H102O6. The molecule has 0 unspecified atom stereocenters. The summed E-state index contributed by atoms with van der Waals surface area (Å²) in [4.78, 5) is 14.6. The largest absolute Gasteiger partial charge is 0.508 e. The average molecular weight is 1260 g/mol. The first-order chi connectivity index (χ1) is 45.6. The van der Waals surface area contributed by atoms with Gasteiger partial charge >= 0.3 is 5.97 Å². The lowest BCUT2D eigenvalue weighted by atomic mass is 9.27. The van der Waals surface area contributed by atoms with Crippen molar-refractivity contribution in [2.45, 2.75) is 187 Å². The van der Waals surface area contributed by atoms with E-state index in [-0.39, 0.29) is 40.3 Å². The third-order valence-corrected chi connectivity index (χ3v) is 28.7. The first-order valence-electron chi connectivity index (χ1n) is 37.1. The Morgan fingerprint density at radius 1 is 0.766 bits per heavy atom. The van der Waals surface area contributed by atoms with Crippen LogP contribution in [0.4, 0.5) is 0 Å². The van der Waals surface area contributed by atoms with Crippen LogP contribution in [0, 0.1) is 80.3 Å². The third kappa shape index (κ3) is 9.63. The molecular weight excluding hydrogens is 1150 g/mol. The number of aryl methyl sites for hydroxylation is 2. The van der Waals surface area contributed by atoms with Crippen LogP contribution in [0.25, 0.3) is 22.3 Å². The van der Waals surface area contributed by atoms with E-state index in [1.54, 1.807) is 36.0 Å². The predicted octanol–water partition coefficient (Wildman–Crippen LogP) is 17.5. The van der Waals surface area contributed by atoms with E-state index >= 15 is 0 Å². The summed E-state index contributed by atoms with van der Waals surface area (Å²) in [6.07, 6.45) is 31.9. The summed E-state index contributed by atoms with van der Waals surface area (Å²) in [5.74, 6) is 0.889. The maximum atomic E-state index is 14.6. The lowest BCUT2D eigenvalue weighted by Crippen LogP contribution is -2.71. The number of ether oxygens (including phenoxy) is 1. The van der Waals surface area contributed by atoms with Gasteiger partial charge in [0.2, 0.25) is 0 Å². The van der Waals surface area contributed by atoms with E-state index in [1.165, 1.54) is 92.7 Å². The summed E-state index contributed by atoms with van der Waals surface area (Å²) in [6.45, 7) is 12.8. The number of rotatable bonds is 19. The number of carboxylic acids is 1. The van der Waals surface area contributed by atoms with Crippen molar-refractivity contribution in [3.8, 4) is 16.9 Å². The van der Waals surface area contributed by atoms with Crippen molar-refractivity contribution in [1.82, 2.24) is 0 Å². The van der Waals surface area contributed by atoms with Crippen molar-refractivity contribution in [3.05, 3.63) is 218 Å². The summed E-state index contributed by atoms with van der Waals surface area (Å²) in [6, 6.07) is 44.6. The van der Waals surface area contributed by atoms with Gasteiger partial charge in [0.25, 0.3) is 0 Å². The van der Waals surface area contributed by atoms with Crippen molar-refractivity contribution >= 4 is 17.1 Å². The molecule has 11 aliphatic rings. The molecule has 11 aliphatic carbocycles. The Morgan fingerprint density at radius 3 is 2.29 bits per heavy atom. The van der Waals surface area contributed by atoms with Gasteiger partial charge < -0.3 is 25.2 Å². The van der Waals surface area contributed by atoms with Gasteiger partial charge in [0, 0.05) is 40.6 Å². The van der Waals surface area contributed by atoms with Crippen LogP contribution in [0.1, 0.15) is 177 Å². The number of hydrogen-bond donors (Lipinski definition) is 4. The molecule has 0 aromatic heterocycles. The second-order valence-corrected chi connectivity index (χ2v) is 32.7. The zero-order chi connectivity index (χ0) is 64.5. The van der Waals surface area contributed by atoms with Crippen LogP contribution < -0.4 is 10.4 Å². The molecule has 0 radical (unpaired) electrons. The Kier molecular flexibility index (Phi) is 16.0. The molecule has 2 bridgehead atoms. The van der Waals surface area contributed by atoms with Crippen molar-refractivity contribution in [2.75, 3.05) is 13.7 Å². The highest BCUT2D eigenvalue weighted by Gasteiger charge is 2.78.